The maximum absolute atomic E-state index is 13.3. The summed E-state index contributed by atoms with van der Waals surface area (Å²) in [6.45, 7) is 2.36. The average Bonchev–Trinajstić information content (AvgIpc) is 2.96. The van der Waals surface area contributed by atoms with Crippen molar-refractivity contribution in [2.45, 2.75) is 6.92 Å². The van der Waals surface area contributed by atoms with E-state index in [2.05, 4.69) is 5.32 Å². The van der Waals surface area contributed by atoms with Crippen molar-refractivity contribution < 1.29 is 19.1 Å². The number of esters is 1. The molecule has 5 aromatic rings. The summed E-state index contributed by atoms with van der Waals surface area (Å²) in [5.41, 5.74) is 1.23. The Kier molecular flexibility index (Phi) is 7.33. The average molecular weight is 513 g/mol. The Hall–Kier alpha value is -5.41. The molecule has 39 heavy (non-hydrogen) atoms. The van der Waals surface area contributed by atoms with Crippen LogP contribution < -0.4 is 14.8 Å². The van der Waals surface area contributed by atoms with Crippen LogP contribution in [0, 0.1) is 11.3 Å². The third kappa shape index (κ3) is 5.48. The monoisotopic (exact) mass is 512 g/mol. The molecule has 0 radical (unpaired) electrons. The predicted molar refractivity (Wildman–Crippen MR) is 153 cm³/mol. The fourth-order valence-corrected chi connectivity index (χ4v) is 4.39. The standard InChI is InChI=1S/C33H24N2O4/c1-2-38-26-13-8-12-25(20-26)35-32(36)24(21-34)19-30-28-15-6-4-10-23(28)17-18-31(30)39-33(37)29-16-7-11-22-9-3-5-14-27(22)29/h3-20H,2H2,1H3,(H,35,36)/b24-19+. The second-order valence-electron chi connectivity index (χ2n) is 8.70. The smallest absolute Gasteiger partial charge is 0.344 e. The van der Waals surface area contributed by atoms with Gasteiger partial charge in [0.25, 0.3) is 5.91 Å². The number of nitrogens with one attached hydrogen (secondary N) is 1. The quantitative estimate of drug-likeness (QED) is 0.108. The van der Waals surface area contributed by atoms with Crippen LogP contribution >= 0.6 is 0 Å². The molecule has 0 saturated carbocycles. The summed E-state index contributed by atoms with van der Waals surface area (Å²) in [5, 5.41) is 16.0. The molecule has 6 heteroatoms. The van der Waals surface area contributed by atoms with Crippen molar-refractivity contribution in [1.29, 1.82) is 5.26 Å². The highest BCUT2D eigenvalue weighted by molar-refractivity contribution is 6.12. The van der Waals surface area contributed by atoms with E-state index in [0.717, 1.165) is 21.5 Å². The van der Waals surface area contributed by atoms with Gasteiger partial charge >= 0.3 is 5.97 Å². The van der Waals surface area contributed by atoms with Crippen LogP contribution in [0.15, 0.2) is 109 Å². The molecule has 6 nitrogen and oxygen atoms in total. The van der Waals surface area contributed by atoms with E-state index in [1.165, 1.54) is 6.08 Å². The number of rotatable bonds is 7. The van der Waals surface area contributed by atoms with Crippen molar-refractivity contribution in [3.8, 4) is 17.6 Å². The molecule has 0 saturated heterocycles. The Labute approximate surface area is 225 Å². The molecule has 0 spiro atoms. The number of fused-ring (bicyclic) bond motifs is 2. The minimum Gasteiger partial charge on any atom is -0.494 e. The molecule has 0 aliphatic carbocycles. The van der Waals surface area contributed by atoms with Crippen molar-refractivity contribution >= 4 is 45.2 Å². The number of nitriles is 1. The molecule has 5 aromatic carbocycles. The van der Waals surface area contributed by atoms with Gasteiger partial charge < -0.3 is 14.8 Å². The summed E-state index contributed by atoms with van der Waals surface area (Å²) >= 11 is 0. The zero-order valence-corrected chi connectivity index (χ0v) is 21.2. The lowest BCUT2D eigenvalue weighted by atomic mass is 10.0. The molecule has 0 atom stereocenters. The number of hydrogen-bond donors (Lipinski definition) is 1. The van der Waals surface area contributed by atoms with E-state index in [4.69, 9.17) is 9.47 Å². The highest BCUT2D eigenvalue weighted by Gasteiger charge is 2.18. The second-order valence-corrected chi connectivity index (χ2v) is 8.70. The first-order valence-corrected chi connectivity index (χ1v) is 12.4. The fourth-order valence-electron chi connectivity index (χ4n) is 4.39. The summed E-state index contributed by atoms with van der Waals surface area (Å²) < 4.78 is 11.4. The van der Waals surface area contributed by atoms with Crippen LogP contribution in [0.4, 0.5) is 5.69 Å². The predicted octanol–water partition coefficient (Wildman–Crippen LogP) is 7.16. The number of benzene rings is 5. The topological polar surface area (TPSA) is 88.4 Å². The van der Waals surface area contributed by atoms with Gasteiger partial charge in [0.2, 0.25) is 0 Å². The van der Waals surface area contributed by atoms with Gasteiger partial charge in [0.05, 0.1) is 12.2 Å². The number of carbonyl (C=O) groups excluding carboxylic acids is 2. The van der Waals surface area contributed by atoms with E-state index in [1.807, 2.05) is 73.7 Å². The Balaban J connectivity index is 1.53. The molecule has 190 valence electrons. The first-order chi connectivity index (χ1) is 19.1. The third-order valence-electron chi connectivity index (χ3n) is 6.20. The van der Waals surface area contributed by atoms with Gasteiger partial charge in [-0.25, -0.2) is 4.79 Å². The van der Waals surface area contributed by atoms with Gasteiger partial charge in [-0.1, -0.05) is 72.8 Å². The normalized spacial score (nSPS) is 11.1. The Morgan fingerprint density at radius 1 is 0.846 bits per heavy atom. The summed E-state index contributed by atoms with van der Waals surface area (Å²) in [7, 11) is 0. The van der Waals surface area contributed by atoms with Crippen LogP contribution in [0.25, 0.3) is 27.6 Å². The van der Waals surface area contributed by atoms with Crippen molar-refractivity contribution in [3.63, 3.8) is 0 Å². The van der Waals surface area contributed by atoms with E-state index in [1.54, 1.807) is 42.5 Å². The minimum absolute atomic E-state index is 0.143. The fraction of sp³-hybridized carbons (Fsp3) is 0.0606. The highest BCUT2D eigenvalue weighted by atomic mass is 16.5. The van der Waals surface area contributed by atoms with Crippen LogP contribution in [0.1, 0.15) is 22.8 Å². The molecule has 1 amide bonds. The largest absolute Gasteiger partial charge is 0.494 e. The zero-order chi connectivity index (χ0) is 27.2. The number of nitrogens with zero attached hydrogens (tertiary/aromatic N) is 1. The lowest BCUT2D eigenvalue weighted by Crippen LogP contribution is -2.14. The zero-order valence-electron chi connectivity index (χ0n) is 21.2. The van der Waals surface area contributed by atoms with Gasteiger partial charge in [-0.05, 0) is 58.8 Å². The van der Waals surface area contributed by atoms with Crippen LogP contribution in [-0.4, -0.2) is 18.5 Å². The first kappa shape index (κ1) is 25.2. The van der Waals surface area contributed by atoms with Gasteiger partial charge in [0.1, 0.15) is 23.1 Å². The van der Waals surface area contributed by atoms with E-state index in [0.29, 0.717) is 29.2 Å². The molecule has 0 aromatic heterocycles. The number of amides is 1. The Bertz CT molecular complexity index is 1780. The van der Waals surface area contributed by atoms with Crippen LogP contribution in [0.3, 0.4) is 0 Å². The molecule has 0 aliphatic heterocycles. The third-order valence-corrected chi connectivity index (χ3v) is 6.20. The molecular formula is C33H24N2O4. The van der Waals surface area contributed by atoms with E-state index >= 15 is 0 Å². The first-order valence-electron chi connectivity index (χ1n) is 12.4. The van der Waals surface area contributed by atoms with Gasteiger partial charge in [-0.2, -0.15) is 5.26 Å². The SMILES string of the molecule is CCOc1cccc(NC(=O)/C(C#N)=C/c2c(OC(=O)c3cccc4ccccc34)ccc3ccccc23)c1. The molecule has 0 aliphatic rings. The van der Waals surface area contributed by atoms with Gasteiger partial charge in [-0.3, -0.25) is 4.79 Å². The number of hydrogen-bond acceptors (Lipinski definition) is 5. The van der Waals surface area contributed by atoms with E-state index in [9.17, 15) is 14.9 Å². The molecule has 0 heterocycles. The number of ether oxygens (including phenoxy) is 2. The van der Waals surface area contributed by atoms with Crippen LogP contribution in [0.5, 0.6) is 11.5 Å². The van der Waals surface area contributed by atoms with Gasteiger partial charge in [0.15, 0.2) is 0 Å². The molecule has 1 N–H and O–H groups in total. The summed E-state index contributed by atoms with van der Waals surface area (Å²) in [4.78, 5) is 26.4. The number of anilines is 1. The molecular weight excluding hydrogens is 488 g/mol. The maximum Gasteiger partial charge on any atom is 0.344 e. The van der Waals surface area contributed by atoms with Gasteiger partial charge in [0, 0.05) is 17.3 Å². The minimum atomic E-state index is -0.592. The second kappa shape index (κ2) is 11.3. The molecule has 0 bridgehead atoms. The van der Waals surface area contributed by atoms with Crippen molar-refractivity contribution in [2.75, 3.05) is 11.9 Å². The van der Waals surface area contributed by atoms with Gasteiger partial charge in [-0.15, -0.1) is 0 Å². The summed E-state index contributed by atoms with van der Waals surface area (Å²) in [6.07, 6.45) is 1.45. The van der Waals surface area contributed by atoms with E-state index in [-0.39, 0.29) is 11.3 Å². The Morgan fingerprint density at radius 2 is 1.54 bits per heavy atom. The molecule has 5 rings (SSSR count). The summed E-state index contributed by atoms with van der Waals surface area (Å²) in [6, 6.07) is 33.0. The van der Waals surface area contributed by atoms with Crippen molar-refractivity contribution in [1.82, 2.24) is 0 Å². The Morgan fingerprint density at radius 3 is 2.31 bits per heavy atom. The van der Waals surface area contributed by atoms with E-state index < -0.39 is 11.9 Å². The van der Waals surface area contributed by atoms with Crippen molar-refractivity contribution in [2.24, 2.45) is 0 Å². The maximum atomic E-state index is 13.3. The van der Waals surface area contributed by atoms with Crippen molar-refractivity contribution in [3.05, 3.63) is 120 Å². The lowest BCUT2D eigenvalue weighted by Gasteiger charge is -2.13. The van der Waals surface area contributed by atoms with Crippen LogP contribution in [0.2, 0.25) is 0 Å². The summed E-state index contributed by atoms with van der Waals surface area (Å²) in [5.74, 6) is -0.280. The van der Waals surface area contributed by atoms with Crippen LogP contribution in [-0.2, 0) is 4.79 Å². The lowest BCUT2D eigenvalue weighted by molar-refractivity contribution is -0.112. The highest BCUT2D eigenvalue weighted by Crippen LogP contribution is 2.32. The number of carbonyl (C=O) groups is 2. The molecule has 0 unspecified atom stereocenters. The molecule has 0 fully saturated rings.